The molecule has 5 heteroatoms. The zero-order valence-electron chi connectivity index (χ0n) is 29.3. The molecular formula is C39H57N5. The summed E-state index contributed by atoms with van der Waals surface area (Å²) < 4.78 is 4.48. The summed E-state index contributed by atoms with van der Waals surface area (Å²) in [7, 11) is 10.7. The normalized spacial score (nSPS) is 10.7. The molecule has 0 radical (unpaired) electrons. The molecule has 0 saturated heterocycles. The van der Waals surface area contributed by atoms with Gasteiger partial charge in [0.2, 0.25) is 0 Å². The Kier molecular flexibility index (Phi) is 15.7. The van der Waals surface area contributed by atoms with E-state index in [9.17, 15) is 0 Å². The van der Waals surface area contributed by atoms with Crippen molar-refractivity contribution in [2.24, 2.45) is 14.1 Å². The predicted molar refractivity (Wildman–Crippen MR) is 198 cm³/mol. The van der Waals surface area contributed by atoms with Gasteiger partial charge in [-0.05, 0) is 58.5 Å². The molecule has 2 heterocycles. The van der Waals surface area contributed by atoms with E-state index in [4.69, 9.17) is 0 Å². The Labute approximate surface area is 267 Å². The Morgan fingerprint density at radius 1 is 0.409 bits per heavy atom. The van der Waals surface area contributed by atoms with Gasteiger partial charge in [0.1, 0.15) is 0 Å². The molecule has 44 heavy (non-hydrogen) atoms. The Balaban J connectivity index is 0.000000219. The van der Waals surface area contributed by atoms with Crippen molar-refractivity contribution in [3.8, 4) is 0 Å². The van der Waals surface area contributed by atoms with Crippen LogP contribution in [0, 0.1) is 0 Å². The molecule has 0 aliphatic heterocycles. The van der Waals surface area contributed by atoms with Crippen LogP contribution in [0.1, 0.15) is 41.5 Å². The molecule has 0 aliphatic carbocycles. The molecule has 5 nitrogen and oxygen atoms in total. The summed E-state index contributed by atoms with van der Waals surface area (Å²) in [5.74, 6) is 0. The van der Waals surface area contributed by atoms with Crippen LogP contribution in [-0.4, -0.2) is 71.4 Å². The maximum Gasteiger partial charge on any atom is 0.0512 e. The van der Waals surface area contributed by atoms with Crippen LogP contribution in [0.2, 0.25) is 0 Å². The monoisotopic (exact) mass is 595 g/mol. The van der Waals surface area contributed by atoms with Crippen molar-refractivity contribution in [1.82, 2.24) is 23.8 Å². The van der Waals surface area contributed by atoms with Gasteiger partial charge in [0.05, 0.1) is 13.3 Å². The fourth-order valence-electron chi connectivity index (χ4n) is 5.30. The minimum atomic E-state index is 1.04. The van der Waals surface area contributed by atoms with Crippen LogP contribution in [0.5, 0.6) is 0 Å². The van der Waals surface area contributed by atoms with Crippen LogP contribution < -0.4 is 0 Å². The van der Waals surface area contributed by atoms with E-state index in [1.807, 2.05) is 27.7 Å². The van der Waals surface area contributed by atoms with E-state index in [-0.39, 0.29) is 0 Å². The topological polar surface area (TPSA) is 19.6 Å². The lowest BCUT2D eigenvalue weighted by Gasteiger charge is -2.27. The first-order chi connectivity index (χ1) is 21.3. The second-order valence-electron chi connectivity index (χ2n) is 10.7. The SMILES string of the molecule is CC.CC.CCN(C)CN(C)CN(C)CC.Cn1c2ccccc2c2ccccc21.Cn1c2ccccc2c2ccccc21. The standard InChI is InChI=1S/2C13H11N.C9H23N3.2C2H6/c2*1-14-12-8-4-2-6-10(12)11-7-3-5-9-13(11)14;1-6-10(3)8-12(5)9-11(4)7-2;2*1-2/h2*2-9H,1H3;6-9H2,1-5H3;2*1-2H3. The summed E-state index contributed by atoms with van der Waals surface area (Å²) in [5.41, 5.74) is 5.20. The first-order valence-electron chi connectivity index (χ1n) is 16.3. The molecule has 6 rings (SSSR count). The summed E-state index contributed by atoms with van der Waals surface area (Å²) in [5, 5.41) is 5.35. The largest absolute Gasteiger partial charge is 0.344 e. The van der Waals surface area contributed by atoms with E-state index < -0.39 is 0 Å². The molecule has 0 amide bonds. The second kappa shape index (κ2) is 18.9. The number of rotatable bonds is 6. The summed E-state index contributed by atoms with van der Waals surface area (Å²) in [6.07, 6.45) is 0. The Bertz CT molecular complexity index is 1430. The molecule has 0 fully saturated rings. The Morgan fingerprint density at radius 2 is 0.636 bits per heavy atom. The van der Waals surface area contributed by atoms with Crippen molar-refractivity contribution < 1.29 is 0 Å². The number of fused-ring (bicyclic) bond motifs is 6. The van der Waals surface area contributed by atoms with Crippen LogP contribution in [0.15, 0.2) is 97.1 Å². The number of benzene rings is 4. The number of nitrogens with zero attached hydrogens (tertiary/aromatic N) is 5. The van der Waals surface area contributed by atoms with Crippen molar-refractivity contribution in [1.29, 1.82) is 0 Å². The van der Waals surface area contributed by atoms with Crippen LogP contribution in [0.25, 0.3) is 43.6 Å². The highest BCUT2D eigenvalue weighted by Crippen LogP contribution is 2.28. The molecule has 0 bridgehead atoms. The van der Waals surface area contributed by atoms with Crippen LogP contribution in [0.4, 0.5) is 0 Å². The second-order valence-corrected chi connectivity index (χ2v) is 10.7. The van der Waals surface area contributed by atoms with Crippen molar-refractivity contribution in [2.45, 2.75) is 41.5 Å². The van der Waals surface area contributed by atoms with Gasteiger partial charge in [-0.2, -0.15) is 0 Å². The quantitative estimate of drug-likeness (QED) is 0.179. The van der Waals surface area contributed by atoms with Gasteiger partial charge in [-0.1, -0.05) is 114 Å². The van der Waals surface area contributed by atoms with Crippen molar-refractivity contribution >= 4 is 43.6 Å². The fourth-order valence-corrected chi connectivity index (χ4v) is 5.30. The first-order valence-corrected chi connectivity index (χ1v) is 16.3. The third-order valence-electron chi connectivity index (χ3n) is 7.69. The van der Waals surface area contributed by atoms with E-state index in [0.29, 0.717) is 0 Å². The highest BCUT2D eigenvalue weighted by molar-refractivity contribution is 6.08. The average Bonchev–Trinajstić information content (AvgIpc) is 3.54. The fraction of sp³-hybridized carbons (Fsp3) is 0.385. The van der Waals surface area contributed by atoms with Gasteiger partial charge in [-0.3, -0.25) is 14.7 Å². The lowest BCUT2D eigenvalue weighted by molar-refractivity contribution is 0.124. The first kappa shape index (κ1) is 36.6. The Morgan fingerprint density at radius 3 is 0.864 bits per heavy atom. The molecular weight excluding hydrogens is 538 g/mol. The molecule has 0 aliphatic rings. The van der Waals surface area contributed by atoms with Gasteiger partial charge < -0.3 is 9.13 Å². The highest BCUT2D eigenvalue weighted by atomic mass is 15.4. The number of para-hydroxylation sites is 4. The molecule has 0 atom stereocenters. The zero-order chi connectivity index (χ0) is 32.6. The number of hydrogen-bond acceptors (Lipinski definition) is 3. The van der Waals surface area contributed by atoms with Crippen molar-refractivity contribution in [3.05, 3.63) is 97.1 Å². The predicted octanol–water partition coefficient (Wildman–Crippen LogP) is 9.45. The minimum Gasteiger partial charge on any atom is -0.344 e. The van der Waals surface area contributed by atoms with E-state index in [1.165, 1.54) is 43.6 Å². The summed E-state index contributed by atoms with van der Waals surface area (Å²) in [4.78, 5) is 6.90. The number of hydrogen-bond donors (Lipinski definition) is 0. The summed E-state index contributed by atoms with van der Waals surface area (Å²) in [6.45, 7) is 16.7. The molecule has 2 aromatic heterocycles. The van der Waals surface area contributed by atoms with Gasteiger partial charge in [0.15, 0.2) is 0 Å². The summed E-state index contributed by atoms with van der Waals surface area (Å²) >= 11 is 0. The number of aryl methyl sites for hydroxylation is 2. The van der Waals surface area contributed by atoms with Gasteiger partial charge in [-0.25, -0.2) is 0 Å². The number of aromatic nitrogens is 2. The van der Waals surface area contributed by atoms with Crippen molar-refractivity contribution in [2.75, 3.05) is 47.6 Å². The average molecular weight is 596 g/mol. The van der Waals surface area contributed by atoms with Gasteiger partial charge in [0.25, 0.3) is 0 Å². The van der Waals surface area contributed by atoms with E-state index in [1.54, 1.807) is 0 Å². The van der Waals surface area contributed by atoms with Crippen LogP contribution in [0.3, 0.4) is 0 Å². The third kappa shape index (κ3) is 9.18. The maximum absolute atomic E-state index is 2.31. The Hall–Kier alpha value is -3.64. The molecule has 0 saturated carbocycles. The highest BCUT2D eigenvalue weighted by Gasteiger charge is 2.06. The van der Waals surface area contributed by atoms with Gasteiger partial charge in [-0.15, -0.1) is 0 Å². The molecule has 6 aromatic rings. The van der Waals surface area contributed by atoms with Crippen LogP contribution >= 0.6 is 0 Å². The van der Waals surface area contributed by atoms with Gasteiger partial charge in [0, 0.05) is 57.7 Å². The molecule has 4 aromatic carbocycles. The maximum atomic E-state index is 2.31. The molecule has 0 spiro atoms. The van der Waals surface area contributed by atoms with Gasteiger partial charge >= 0.3 is 0 Å². The lowest BCUT2D eigenvalue weighted by atomic mass is 10.2. The minimum absolute atomic E-state index is 1.04. The summed E-state index contributed by atoms with van der Waals surface area (Å²) in [6, 6.07) is 34.1. The molecule has 0 unspecified atom stereocenters. The molecule has 0 N–H and O–H groups in total. The van der Waals surface area contributed by atoms with E-state index in [0.717, 1.165) is 26.4 Å². The molecule has 238 valence electrons. The van der Waals surface area contributed by atoms with Crippen molar-refractivity contribution in [3.63, 3.8) is 0 Å². The third-order valence-corrected chi connectivity index (χ3v) is 7.69. The lowest BCUT2D eigenvalue weighted by Crippen LogP contribution is -2.39. The smallest absolute Gasteiger partial charge is 0.0512 e. The zero-order valence-corrected chi connectivity index (χ0v) is 29.3. The van der Waals surface area contributed by atoms with E-state index >= 15 is 0 Å². The van der Waals surface area contributed by atoms with E-state index in [2.05, 4.69) is 170 Å². The van der Waals surface area contributed by atoms with Crippen LogP contribution in [-0.2, 0) is 14.1 Å².